The van der Waals surface area contributed by atoms with E-state index in [1.54, 1.807) is 29.6 Å². The fourth-order valence-electron chi connectivity index (χ4n) is 3.71. The summed E-state index contributed by atoms with van der Waals surface area (Å²) >= 11 is 6.90. The van der Waals surface area contributed by atoms with Crippen molar-refractivity contribution >= 4 is 33.8 Å². The van der Waals surface area contributed by atoms with E-state index in [0.717, 1.165) is 23.3 Å². The molecule has 4 rings (SSSR count). The second-order valence-electron chi connectivity index (χ2n) is 7.08. The first-order valence-corrected chi connectivity index (χ1v) is 9.84. The number of hydrogen-bond acceptors (Lipinski definition) is 5. The molecule has 1 aromatic heterocycles. The fraction of sp³-hybridized carbons (Fsp3) is 0.444. The van der Waals surface area contributed by atoms with E-state index < -0.39 is 17.8 Å². The van der Waals surface area contributed by atoms with Gasteiger partial charge in [0.25, 0.3) is 5.72 Å². The minimum Gasteiger partial charge on any atom is -0.362 e. The Morgan fingerprint density at radius 3 is 2.67 bits per heavy atom. The minimum absolute atomic E-state index is 0.0225. The summed E-state index contributed by atoms with van der Waals surface area (Å²) in [4.78, 5) is 4.31. The number of alkyl halides is 3. The Morgan fingerprint density at radius 1 is 1.30 bits per heavy atom. The van der Waals surface area contributed by atoms with Crippen LogP contribution in [0.2, 0.25) is 5.02 Å². The smallest absolute Gasteiger partial charge is 0.362 e. The molecule has 3 atom stereocenters. The third-order valence-electron chi connectivity index (χ3n) is 5.20. The van der Waals surface area contributed by atoms with Gasteiger partial charge in [0, 0.05) is 21.7 Å². The van der Waals surface area contributed by atoms with E-state index in [4.69, 9.17) is 11.6 Å². The number of anilines is 1. The van der Waals surface area contributed by atoms with Gasteiger partial charge >= 0.3 is 6.18 Å². The van der Waals surface area contributed by atoms with Crippen LogP contribution < -0.4 is 5.01 Å². The van der Waals surface area contributed by atoms with Crippen molar-refractivity contribution in [2.45, 2.75) is 38.1 Å². The highest BCUT2D eigenvalue weighted by atomic mass is 35.5. The molecule has 2 heterocycles. The Morgan fingerprint density at radius 2 is 2.00 bits per heavy atom. The molecule has 1 aromatic carbocycles. The standard InChI is InChI=1S/C18H17ClF3N3OS/c1-10-2-7-14-13(8-10)17(26,18(20,21)22)25(24-14)16-23-15(9-27-16)11-3-5-12(19)6-4-11/h3-6,9-10,13,26H,2,7-8H2,1H3. The molecular weight excluding hydrogens is 399 g/mol. The monoisotopic (exact) mass is 415 g/mol. The van der Waals surface area contributed by atoms with Crippen molar-refractivity contribution in [2.75, 3.05) is 5.01 Å². The van der Waals surface area contributed by atoms with E-state index in [1.165, 1.54) is 0 Å². The lowest BCUT2D eigenvalue weighted by atomic mass is 9.76. The SMILES string of the molecule is CC1CCC2=NN(c3nc(-c4ccc(Cl)cc4)cs3)C(O)(C(F)(F)F)C2C1. The molecule has 1 N–H and O–H groups in total. The van der Waals surface area contributed by atoms with E-state index >= 15 is 0 Å². The first-order chi connectivity index (χ1) is 12.7. The predicted octanol–water partition coefficient (Wildman–Crippen LogP) is 5.33. The predicted molar refractivity (Wildman–Crippen MR) is 100.0 cm³/mol. The van der Waals surface area contributed by atoms with E-state index in [1.807, 2.05) is 6.92 Å². The maximum atomic E-state index is 14.0. The van der Waals surface area contributed by atoms with Crippen molar-refractivity contribution in [2.24, 2.45) is 16.9 Å². The zero-order chi connectivity index (χ0) is 19.4. The molecule has 2 aliphatic rings. The van der Waals surface area contributed by atoms with Gasteiger partial charge in [-0.15, -0.1) is 11.3 Å². The molecular formula is C18H17ClF3N3OS. The summed E-state index contributed by atoms with van der Waals surface area (Å²) in [5.74, 6) is -0.965. The second kappa shape index (κ2) is 6.46. The molecule has 4 nitrogen and oxygen atoms in total. The van der Waals surface area contributed by atoms with Gasteiger partial charge in [0.2, 0.25) is 5.13 Å². The number of hydrazone groups is 1. The Labute approximate surface area is 163 Å². The maximum Gasteiger partial charge on any atom is 0.439 e. The number of halogens is 4. The van der Waals surface area contributed by atoms with Crippen molar-refractivity contribution in [3.05, 3.63) is 34.7 Å². The minimum atomic E-state index is -4.86. The number of fused-ring (bicyclic) bond motifs is 1. The number of nitrogens with zero attached hydrogens (tertiary/aromatic N) is 3. The first-order valence-electron chi connectivity index (χ1n) is 8.58. The number of thiazole rings is 1. The molecule has 0 amide bonds. The van der Waals surface area contributed by atoms with Crippen LogP contribution in [0.25, 0.3) is 11.3 Å². The molecule has 2 aromatic rings. The normalized spacial score (nSPS) is 28.2. The van der Waals surface area contributed by atoms with E-state index in [0.29, 0.717) is 27.9 Å². The van der Waals surface area contributed by atoms with Crippen molar-refractivity contribution in [1.29, 1.82) is 0 Å². The zero-order valence-corrected chi connectivity index (χ0v) is 15.9. The highest BCUT2D eigenvalue weighted by molar-refractivity contribution is 7.14. The van der Waals surface area contributed by atoms with Crippen molar-refractivity contribution in [3.63, 3.8) is 0 Å². The number of rotatable bonds is 2. The van der Waals surface area contributed by atoms with Crippen LogP contribution >= 0.6 is 22.9 Å². The summed E-state index contributed by atoms with van der Waals surface area (Å²) in [6, 6.07) is 6.87. The summed E-state index contributed by atoms with van der Waals surface area (Å²) in [7, 11) is 0. The van der Waals surface area contributed by atoms with Gasteiger partial charge in [0.15, 0.2) is 0 Å². The second-order valence-corrected chi connectivity index (χ2v) is 8.35. The molecule has 0 radical (unpaired) electrons. The summed E-state index contributed by atoms with van der Waals surface area (Å²) < 4.78 is 41.9. The Hall–Kier alpha value is -1.64. The van der Waals surface area contributed by atoms with Crippen molar-refractivity contribution in [1.82, 2.24) is 4.98 Å². The molecule has 0 bridgehead atoms. The average molecular weight is 416 g/mol. The van der Waals surface area contributed by atoms with Gasteiger partial charge in [-0.2, -0.15) is 23.3 Å². The van der Waals surface area contributed by atoms with Crippen LogP contribution in [-0.4, -0.2) is 27.7 Å². The Balaban J connectivity index is 1.74. The van der Waals surface area contributed by atoms with Crippen LogP contribution in [0.15, 0.2) is 34.7 Å². The quantitative estimate of drug-likeness (QED) is 0.721. The molecule has 0 saturated heterocycles. The lowest BCUT2D eigenvalue weighted by Gasteiger charge is -2.39. The number of hydrogen-bond donors (Lipinski definition) is 1. The fourth-order valence-corrected chi connectivity index (χ4v) is 4.68. The highest BCUT2D eigenvalue weighted by Gasteiger charge is 2.68. The topological polar surface area (TPSA) is 48.7 Å². The van der Waals surface area contributed by atoms with Crippen LogP contribution in [-0.2, 0) is 0 Å². The van der Waals surface area contributed by atoms with E-state index in [2.05, 4.69) is 10.1 Å². The summed E-state index contributed by atoms with van der Waals surface area (Å²) in [5.41, 5.74) is -1.42. The van der Waals surface area contributed by atoms with Gasteiger partial charge in [0.1, 0.15) is 0 Å². The molecule has 0 spiro atoms. The third-order valence-corrected chi connectivity index (χ3v) is 6.27. The van der Waals surface area contributed by atoms with Crippen LogP contribution in [0, 0.1) is 11.8 Å². The van der Waals surface area contributed by atoms with Crippen LogP contribution in [0.4, 0.5) is 18.3 Å². The van der Waals surface area contributed by atoms with Gasteiger partial charge in [-0.25, -0.2) is 4.98 Å². The maximum absolute atomic E-state index is 14.0. The molecule has 144 valence electrons. The molecule has 9 heteroatoms. The number of aromatic nitrogens is 1. The Kier molecular flexibility index (Phi) is 4.48. The first kappa shape index (κ1) is 18.7. The molecule has 1 saturated carbocycles. The van der Waals surface area contributed by atoms with Crippen molar-refractivity contribution in [3.8, 4) is 11.3 Å². The molecule has 1 aliphatic carbocycles. The van der Waals surface area contributed by atoms with Gasteiger partial charge < -0.3 is 5.11 Å². The molecule has 27 heavy (non-hydrogen) atoms. The highest BCUT2D eigenvalue weighted by Crippen LogP contribution is 2.51. The lowest BCUT2D eigenvalue weighted by molar-refractivity contribution is -0.269. The van der Waals surface area contributed by atoms with Crippen LogP contribution in [0.3, 0.4) is 0 Å². The van der Waals surface area contributed by atoms with Crippen LogP contribution in [0.5, 0.6) is 0 Å². The van der Waals surface area contributed by atoms with Gasteiger partial charge in [0.05, 0.1) is 11.6 Å². The van der Waals surface area contributed by atoms with Gasteiger partial charge in [-0.1, -0.05) is 30.7 Å². The average Bonchev–Trinajstić information content (AvgIpc) is 3.19. The molecule has 3 unspecified atom stereocenters. The lowest BCUT2D eigenvalue weighted by Crippen LogP contribution is -2.60. The zero-order valence-electron chi connectivity index (χ0n) is 14.4. The summed E-state index contributed by atoms with van der Waals surface area (Å²) in [6.07, 6.45) is -3.38. The molecule has 1 aliphatic heterocycles. The largest absolute Gasteiger partial charge is 0.439 e. The summed E-state index contributed by atoms with van der Waals surface area (Å²) in [5, 5.41) is 17.9. The van der Waals surface area contributed by atoms with Crippen molar-refractivity contribution < 1.29 is 18.3 Å². The number of benzene rings is 1. The number of aliphatic hydroxyl groups is 1. The molecule has 1 fully saturated rings. The van der Waals surface area contributed by atoms with E-state index in [-0.39, 0.29) is 17.5 Å². The van der Waals surface area contributed by atoms with E-state index in [9.17, 15) is 18.3 Å². The van der Waals surface area contributed by atoms with Gasteiger partial charge in [-0.3, -0.25) is 0 Å². The van der Waals surface area contributed by atoms with Crippen LogP contribution in [0.1, 0.15) is 26.2 Å². The Bertz CT molecular complexity index is 883. The van der Waals surface area contributed by atoms with Gasteiger partial charge in [-0.05, 0) is 37.3 Å². The summed E-state index contributed by atoms with van der Waals surface area (Å²) in [6.45, 7) is 1.90. The third kappa shape index (κ3) is 3.03.